The Hall–Kier alpha value is -2.96. The van der Waals surface area contributed by atoms with Crippen LogP contribution in [0.15, 0.2) is 53.7 Å². The number of aromatic nitrogens is 4. The van der Waals surface area contributed by atoms with Crippen LogP contribution in [0, 0.1) is 0 Å². The molecule has 4 aromatic rings. The van der Waals surface area contributed by atoms with Crippen LogP contribution in [0.5, 0.6) is 0 Å². The van der Waals surface area contributed by atoms with Gasteiger partial charge in [0.05, 0.1) is 5.69 Å². The number of aromatic amines is 2. The molecule has 0 fully saturated rings. The Morgan fingerprint density at radius 3 is 3.04 bits per heavy atom. The summed E-state index contributed by atoms with van der Waals surface area (Å²) in [6.07, 6.45) is 6.13. The second-order valence-electron chi connectivity index (χ2n) is 7.05. The molecule has 0 unspecified atom stereocenters. The smallest absolute Gasteiger partial charge is 0.254 e. The SMILES string of the molecule is O=c1[nH]c(-c2cccnc2)nc2c1CCN(Cc1c[nH]c3ccc(Cl)cc13)C2. The second kappa shape index (κ2) is 6.89. The first-order valence-electron chi connectivity index (χ1n) is 9.18. The van der Waals surface area contributed by atoms with Gasteiger partial charge in [0.2, 0.25) is 0 Å². The maximum Gasteiger partial charge on any atom is 0.254 e. The molecule has 0 saturated heterocycles. The molecule has 0 amide bonds. The fourth-order valence-corrected chi connectivity index (χ4v) is 3.96. The Morgan fingerprint density at radius 1 is 1.25 bits per heavy atom. The number of rotatable bonds is 3. The van der Waals surface area contributed by atoms with Crippen LogP contribution in [0.1, 0.15) is 16.8 Å². The van der Waals surface area contributed by atoms with Crippen LogP contribution < -0.4 is 5.56 Å². The van der Waals surface area contributed by atoms with E-state index in [2.05, 4.69) is 19.9 Å². The van der Waals surface area contributed by atoms with Gasteiger partial charge in [0, 0.05) is 65.3 Å². The van der Waals surface area contributed by atoms with Gasteiger partial charge in [0.15, 0.2) is 0 Å². The molecule has 1 aliphatic heterocycles. The Balaban J connectivity index is 1.45. The Morgan fingerprint density at radius 2 is 2.18 bits per heavy atom. The van der Waals surface area contributed by atoms with Gasteiger partial charge in [-0.05, 0) is 42.3 Å². The van der Waals surface area contributed by atoms with Crippen LogP contribution >= 0.6 is 11.6 Å². The van der Waals surface area contributed by atoms with E-state index in [1.165, 1.54) is 5.56 Å². The highest BCUT2D eigenvalue weighted by Gasteiger charge is 2.22. The van der Waals surface area contributed by atoms with E-state index in [0.29, 0.717) is 18.8 Å². The first kappa shape index (κ1) is 17.2. The third-order valence-corrected chi connectivity index (χ3v) is 5.45. The number of H-pyrrole nitrogens is 2. The van der Waals surface area contributed by atoms with Crippen molar-refractivity contribution in [1.82, 2.24) is 24.8 Å². The molecule has 28 heavy (non-hydrogen) atoms. The third-order valence-electron chi connectivity index (χ3n) is 5.21. The van der Waals surface area contributed by atoms with Gasteiger partial charge in [-0.15, -0.1) is 0 Å². The van der Waals surface area contributed by atoms with Crippen LogP contribution in [-0.4, -0.2) is 31.4 Å². The highest BCUT2D eigenvalue weighted by molar-refractivity contribution is 6.31. The lowest BCUT2D eigenvalue weighted by atomic mass is 10.0. The standard InChI is InChI=1S/C21H18ClN5O/c22-15-3-4-18-17(8-15)14(10-24-18)11-27-7-5-16-19(12-27)25-20(26-21(16)28)13-2-1-6-23-9-13/h1-4,6,8-10,24H,5,7,11-12H2,(H,25,26,28). The maximum absolute atomic E-state index is 12.5. The summed E-state index contributed by atoms with van der Waals surface area (Å²) in [5.74, 6) is 0.567. The minimum atomic E-state index is -0.0534. The van der Waals surface area contributed by atoms with Crippen molar-refractivity contribution in [3.63, 3.8) is 0 Å². The summed E-state index contributed by atoms with van der Waals surface area (Å²) in [5, 5.41) is 1.86. The number of halogens is 1. The number of hydrogen-bond donors (Lipinski definition) is 2. The van der Waals surface area contributed by atoms with Crippen LogP contribution in [0.3, 0.4) is 0 Å². The molecule has 0 aliphatic carbocycles. The zero-order chi connectivity index (χ0) is 19.1. The summed E-state index contributed by atoms with van der Waals surface area (Å²) in [5.41, 5.74) is 4.65. The van der Waals surface area contributed by atoms with Crippen molar-refractivity contribution in [1.29, 1.82) is 0 Å². The topological polar surface area (TPSA) is 77.7 Å². The van der Waals surface area contributed by atoms with E-state index < -0.39 is 0 Å². The molecular formula is C21H18ClN5O. The Bertz CT molecular complexity index is 1210. The average molecular weight is 392 g/mol. The van der Waals surface area contributed by atoms with Crippen LogP contribution in [-0.2, 0) is 19.5 Å². The first-order valence-corrected chi connectivity index (χ1v) is 9.55. The van der Waals surface area contributed by atoms with Gasteiger partial charge in [-0.1, -0.05) is 11.6 Å². The van der Waals surface area contributed by atoms with Crippen molar-refractivity contribution in [2.24, 2.45) is 0 Å². The number of nitrogens with zero attached hydrogens (tertiary/aromatic N) is 3. The molecule has 0 saturated carbocycles. The molecule has 0 bridgehead atoms. The normalized spacial score (nSPS) is 14.3. The molecule has 3 aromatic heterocycles. The molecule has 140 valence electrons. The molecule has 0 atom stereocenters. The number of hydrogen-bond acceptors (Lipinski definition) is 4. The van der Waals surface area contributed by atoms with E-state index in [-0.39, 0.29) is 5.56 Å². The summed E-state index contributed by atoms with van der Waals surface area (Å²) >= 11 is 6.17. The fraction of sp³-hybridized carbons (Fsp3) is 0.190. The van der Waals surface area contributed by atoms with Gasteiger partial charge in [-0.3, -0.25) is 14.7 Å². The van der Waals surface area contributed by atoms with Crippen molar-refractivity contribution < 1.29 is 0 Å². The minimum Gasteiger partial charge on any atom is -0.361 e. The van der Waals surface area contributed by atoms with Crippen molar-refractivity contribution >= 4 is 22.5 Å². The maximum atomic E-state index is 12.5. The van der Waals surface area contributed by atoms with E-state index in [9.17, 15) is 4.79 Å². The molecule has 4 heterocycles. The molecule has 7 heteroatoms. The molecule has 0 radical (unpaired) electrons. The van der Waals surface area contributed by atoms with Crippen LogP contribution in [0.2, 0.25) is 5.02 Å². The van der Waals surface area contributed by atoms with Crippen molar-refractivity contribution in [2.45, 2.75) is 19.5 Å². The van der Waals surface area contributed by atoms with Crippen molar-refractivity contribution in [2.75, 3.05) is 6.54 Å². The van der Waals surface area contributed by atoms with Crippen LogP contribution in [0.4, 0.5) is 0 Å². The predicted molar refractivity (Wildman–Crippen MR) is 109 cm³/mol. The summed E-state index contributed by atoms with van der Waals surface area (Å²) in [4.78, 5) is 29.9. The summed E-state index contributed by atoms with van der Waals surface area (Å²) < 4.78 is 0. The van der Waals surface area contributed by atoms with E-state index in [1.54, 1.807) is 12.4 Å². The highest BCUT2D eigenvalue weighted by atomic mass is 35.5. The number of nitrogens with one attached hydrogen (secondary N) is 2. The zero-order valence-corrected chi connectivity index (χ0v) is 15.8. The third kappa shape index (κ3) is 3.10. The lowest BCUT2D eigenvalue weighted by Crippen LogP contribution is -2.35. The van der Waals surface area contributed by atoms with E-state index >= 15 is 0 Å². The summed E-state index contributed by atoms with van der Waals surface area (Å²) in [6, 6.07) is 9.60. The molecule has 1 aliphatic rings. The molecule has 0 spiro atoms. The van der Waals surface area contributed by atoms with Gasteiger partial charge >= 0.3 is 0 Å². The average Bonchev–Trinajstić information content (AvgIpc) is 3.10. The summed E-state index contributed by atoms with van der Waals surface area (Å²) in [6.45, 7) is 2.23. The molecule has 6 nitrogen and oxygen atoms in total. The van der Waals surface area contributed by atoms with Crippen LogP contribution in [0.25, 0.3) is 22.3 Å². The van der Waals surface area contributed by atoms with Crippen molar-refractivity contribution in [3.8, 4) is 11.4 Å². The zero-order valence-electron chi connectivity index (χ0n) is 15.1. The molecule has 5 rings (SSSR count). The minimum absolute atomic E-state index is 0.0534. The quantitative estimate of drug-likeness (QED) is 0.560. The first-order chi connectivity index (χ1) is 13.7. The van der Waals surface area contributed by atoms with Gasteiger partial charge in [-0.25, -0.2) is 4.98 Å². The van der Waals surface area contributed by atoms with Gasteiger partial charge in [0.25, 0.3) is 5.56 Å². The van der Waals surface area contributed by atoms with E-state index in [1.807, 2.05) is 36.5 Å². The lowest BCUT2D eigenvalue weighted by Gasteiger charge is -2.27. The van der Waals surface area contributed by atoms with E-state index in [0.717, 1.165) is 45.8 Å². The highest BCUT2D eigenvalue weighted by Crippen LogP contribution is 2.25. The fourth-order valence-electron chi connectivity index (χ4n) is 3.79. The molecular weight excluding hydrogens is 374 g/mol. The predicted octanol–water partition coefficient (Wildman–Crippen LogP) is 3.52. The lowest BCUT2D eigenvalue weighted by molar-refractivity contribution is 0.241. The largest absolute Gasteiger partial charge is 0.361 e. The molecule has 2 N–H and O–H groups in total. The summed E-state index contributed by atoms with van der Waals surface area (Å²) in [7, 11) is 0. The van der Waals surface area contributed by atoms with E-state index in [4.69, 9.17) is 16.6 Å². The van der Waals surface area contributed by atoms with Gasteiger partial charge in [-0.2, -0.15) is 0 Å². The van der Waals surface area contributed by atoms with Gasteiger partial charge < -0.3 is 9.97 Å². The monoisotopic (exact) mass is 391 g/mol. The van der Waals surface area contributed by atoms with Crippen molar-refractivity contribution in [3.05, 3.63) is 81.1 Å². The second-order valence-corrected chi connectivity index (χ2v) is 7.48. The Kier molecular flexibility index (Phi) is 4.22. The number of pyridine rings is 1. The number of fused-ring (bicyclic) bond motifs is 2. The number of benzene rings is 1. The Labute approximate surface area is 166 Å². The molecule has 1 aromatic carbocycles. The van der Waals surface area contributed by atoms with Gasteiger partial charge in [0.1, 0.15) is 5.82 Å².